The predicted octanol–water partition coefficient (Wildman–Crippen LogP) is 4.42. The molecule has 0 bridgehead atoms. The Balaban J connectivity index is 2.02. The van der Waals surface area contributed by atoms with Crippen molar-refractivity contribution >= 4 is 49.7 Å². The van der Waals surface area contributed by atoms with Crippen molar-refractivity contribution in [2.75, 3.05) is 11.9 Å². The van der Waals surface area contributed by atoms with Crippen LogP contribution >= 0.6 is 38.6 Å². The Morgan fingerprint density at radius 1 is 1.43 bits per heavy atom. The summed E-state index contributed by atoms with van der Waals surface area (Å²) in [6.45, 7) is 6.58. The van der Waals surface area contributed by atoms with Crippen LogP contribution in [0.5, 0.6) is 0 Å². The van der Waals surface area contributed by atoms with Crippen molar-refractivity contribution in [3.63, 3.8) is 0 Å². The Kier molecular flexibility index (Phi) is 5.40. The molecule has 0 saturated heterocycles. The molecule has 0 spiro atoms. The molecule has 21 heavy (non-hydrogen) atoms. The van der Waals surface area contributed by atoms with Crippen LogP contribution in [0.15, 0.2) is 21.3 Å². The van der Waals surface area contributed by atoms with Gasteiger partial charge in [0.2, 0.25) is 0 Å². The van der Waals surface area contributed by atoms with E-state index in [1.165, 1.54) is 16.2 Å². The van der Waals surface area contributed by atoms with Crippen LogP contribution in [-0.4, -0.2) is 17.6 Å². The molecule has 0 saturated carbocycles. The second-order valence-electron chi connectivity index (χ2n) is 4.97. The van der Waals surface area contributed by atoms with Gasteiger partial charge >= 0.3 is 5.97 Å². The van der Waals surface area contributed by atoms with Gasteiger partial charge in [0.25, 0.3) is 0 Å². The molecule has 0 fully saturated rings. The number of carbonyl (C=O) groups is 1. The number of ether oxygens (including phenoxy) is 1. The van der Waals surface area contributed by atoms with E-state index in [0.717, 1.165) is 21.8 Å². The third-order valence-electron chi connectivity index (χ3n) is 2.97. The highest BCUT2D eigenvalue weighted by atomic mass is 79.9. The van der Waals surface area contributed by atoms with Gasteiger partial charge in [0, 0.05) is 20.1 Å². The molecule has 0 amide bonds. The van der Waals surface area contributed by atoms with E-state index >= 15 is 0 Å². The number of halogens is 1. The van der Waals surface area contributed by atoms with E-state index in [2.05, 4.69) is 32.3 Å². The SMILES string of the molecule is CCOC(=O)C(C)(C)c1csc(NCc2cc(Br)cs2)n1. The van der Waals surface area contributed by atoms with Gasteiger partial charge in [0.05, 0.1) is 18.8 Å². The molecule has 2 rings (SSSR count). The summed E-state index contributed by atoms with van der Waals surface area (Å²) in [6, 6.07) is 2.08. The Hall–Kier alpha value is -0.920. The number of esters is 1. The molecule has 7 heteroatoms. The second-order valence-corrected chi connectivity index (χ2v) is 7.74. The predicted molar refractivity (Wildman–Crippen MR) is 91.1 cm³/mol. The van der Waals surface area contributed by atoms with Crippen molar-refractivity contribution in [2.45, 2.75) is 32.7 Å². The van der Waals surface area contributed by atoms with Crippen LogP contribution in [0.4, 0.5) is 5.13 Å². The van der Waals surface area contributed by atoms with Gasteiger partial charge in [-0.2, -0.15) is 0 Å². The Bertz CT molecular complexity index is 622. The molecular weight excluding hydrogens is 372 g/mol. The van der Waals surface area contributed by atoms with Gasteiger partial charge in [-0.3, -0.25) is 4.79 Å². The van der Waals surface area contributed by atoms with Gasteiger partial charge in [-0.25, -0.2) is 4.98 Å². The van der Waals surface area contributed by atoms with Crippen molar-refractivity contribution in [2.24, 2.45) is 0 Å². The summed E-state index contributed by atoms with van der Waals surface area (Å²) in [7, 11) is 0. The average molecular weight is 389 g/mol. The van der Waals surface area contributed by atoms with E-state index in [0.29, 0.717) is 6.61 Å². The number of aromatic nitrogens is 1. The molecule has 0 radical (unpaired) electrons. The first-order valence-electron chi connectivity index (χ1n) is 6.53. The van der Waals surface area contributed by atoms with Crippen molar-refractivity contribution < 1.29 is 9.53 Å². The molecule has 2 aromatic rings. The van der Waals surface area contributed by atoms with Gasteiger partial charge < -0.3 is 10.1 Å². The highest BCUT2D eigenvalue weighted by molar-refractivity contribution is 9.10. The van der Waals surface area contributed by atoms with E-state index < -0.39 is 5.41 Å². The molecule has 4 nitrogen and oxygen atoms in total. The number of hydrogen-bond acceptors (Lipinski definition) is 6. The van der Waals surface area contributed by atoms with Crippen molar-refractivity contribution in [1.82, 2.24) is 4.98 Å². The number of anilines is 1. The Labute approximate surface area is 140 Å². The number of nitrogens with one attached hydrogen (secondary N) is 1. The quantitative estimate of drug-likeness (QED) is 0.744. The average Bonchev–Trinajstić information content (AvgIpc) is 3.05. The summed E-state index contributed by atoms with van der Waals surface area (Å²) in [4.78, 5) is 17.7. The van der Waals surface area contributed by atoms with Gasteiger partial charge in [-0.05, 0) is 42.8 Å². The van der Waals surface area contributed by atoms with E-state index in [-0.39, 0.29) is 5.97 Å². The first-order chi connectivity index (χ1) is 9.93. The van der Waals surface area contributed by atoms with Crippen LogP contribution < -0.4 is 5.32 Å². The standard InChI is InChI=1S/C14H17BrN2O2S2/c1-4-19-12(18)14(2,3)11-8-21-13(17-11)16-6-10-5-9(15)7-20-10/h5,7-8H,4,6H2,1-3H3,(H,16,17). The molecule has 0 aliphatic heterocycles. The van der Waals surface area contributed by atoms with Crippen LogP contribution in [0.1, 0.15) is 31.3 Å². The summed E-state index contributed by atoms with van der Waals surface area (Å²) in [5.74, 6) is -0.246. The maximum Gasteiger partial charge on any atom is 0.317 e. The van der Waals surface area contributed by atoms with Crippen molar-refractivity contribution in [1.29, 1.82) is 0 Å². The lowest BCUT2D eigenvalue weighted by atomic mass is 9.90. The minimum Gasteiger partial charge on any atom is -0.465 e. The maximum atomic E-state index is 12.0. The minimum absolute atomic E-state index is 0.246. The maximum absolute atomic E-state index is 12.0. The van der Waals surface area contributed by atoms with E-state index in [4.69, 9.17) is 4.74 Å². The smallest absolute Gasteiger partial charge is 0.317 e. The molecule has 114 valence electrons. The zero-order valence-corrected chi connectivity index (χ0v) is 15.3. The van der Waals surface area contributed by atoms with E-state index in [9.17, 15) is 4.79 Å². The summed E-state index contributed by atoms with van der Waals surface area (Å²) in [5, 5.41) is 8.05. The lowest BCUT2D eigenvalue weighted by molar-refractivity contribution is -0.148. The zero-order valence-electron chi connectivity index (χ0n) is 12.1. The molecule has 2 aromatic heterocycles. The Morgan fingerprint density at radius 2 is 2.19 bits per heavy atom. The number of carbonyl (C=O) groups excluding carboxylic acids is 1. The number of nitrogens with zero attached hydrogens (tertiary/aromatic N) is 1. The highest BCUT2D eigenvalue weighted by Crippen LogP contribution is 2.29. The second kappa shape index (κ2) is 6.89. The molecular formula is C14H17BrN2O2S2. The topological polar surface area (TPSA) is 51.2 Å². The minimum atomic E-state index is -0.724. The third kappa shape index (κ3) is 4.05. The van der Waals surface area contributed by atoms with Crippen molar-refractivity contribution in [3.8, 4) is 0 Å². The molecule has 0 aliphatic rings. The van der Waals surface area contributed by atoms with Gasteiger partial charge in [0.15, 0.2) is 5.13 Å². The van der Waals surface area contributed by atoms with E-state index in [1.807, 2.05) is 24.6 Å². The van der Waals surface area contributed by atoms with Crippen LogP contribution in [0.3, 0.4) is 0 Å². The van der Waals surface area contributed by atoms with E-state index in [1.54, 1.807) is 18.3 Å². The molecule has 0 aromatic carbocycles. The number of thiophene rings is 1. The van der Waals surface area contributed by atoms with Gasteiger partial charge in [0.1, 0.15) is 5.41 Å². The lowest BCUT2D eigenvalue weighted by Gasteiger charge is -2.19. The molecule has 0 aliphatic carbocycles. The Morgan fingerprint density at radius 3 is 2.81 bits per heavy atom. The van der Waals surface area contributed by atoms with Crippen LogP contribution in [0.2, 0.25) is 0 Å². The summed E-state index contributed by atoms with van der Waals surface area (Å²) < 4.78 is 6.19. The van der Waals surface area contributed by atoms with Crippen LogP contribution in [-0.2, 0) is 21.5 Å². The zero-order chi connectivity index (χ0) is 15.5. The third-order valence-corrected chi connectivity index (χ3v) is 5.46. The fourth-order valence-corrected chi connectivity index (χ4v) is 3.94. The van der Waals surface area contributed by atoms with Crippen LogP contribution in [0, 0.1) is 0 Å². The number of thiazole rings is 1. The summed E-state index contributed by atoms with van der Waals surface area (Å²) in [6.07, 6.45) is 0. The normalized spacial score (nSPS) is 11.4. The first-order valence-corrected chi connectivity index (χ1v) is 9.08. The fourth-order valence-electron chi connectivity index (χ4n) is 1.67. The lowest BCUT2D eigenvalue weighted by Crippen LogP contribution is -2.31. The monoisotopic (exact) mass is 388 g/mol. The molecule has 1 N–H and O–H groups in total. The molecule has 0 unspecified atom stereocenters. The van der Waals surface area contributed by atoms with Crippen LogP contribution in [0.25, 0.3) is 0 Å². The number of hydrogen-bond donors (Lipinski definition) is 1. The highest BCUT2D eigenvalue weighted by Gasteiger charge is 2.33. The molecule has 0 atom stereocenters. The summed E-state index contributed by atoms with van der Waals surface area (Å²) >= 11 is 6.62. The summed E-state index contributed by atoms with van der Waals surface area (Å²) in [5.41, 5.74) is 0.0131. The first kappa shape index (κ1) is 16.5. The number of rotatable bonds is 6. The van der Waals surface area contributed by atoms with Gasteiger partial charge in [-0.15, -0.1) is 22.7 Å². The van der Waals surface area contributed by atoms with Crippen molar-refractivity contribution in [3.05, 3.63) is 31.9 Å². The van der Waals surface area contributed by atoms with Gasteiger partial charge in [-0.1, -0.05) is 0 Å². The largest absolute Gasteiger partial charge is 0.465 e. The fraction of sp³-hybridized carbons (Fsp3) is 0.429. The molecule has 2 heterocycles.